The van der Waals surface area contributed by atoms with Gasteiger partial charge >= 0.3 is 0 Å². The molecule has 5 heteroatoms. The maximum absolute atomic E-state index is 6.37. The summed E-state index contributed by atoms with van der Waals surface area (Å²) >= 11 is 6.37. The number of fused-ring (bicyclic) bond motifs is 3. The summed E-state index contributed by atoms with van der Waals surface area (Å²) in [6.45, 7) is 5.51. The summed E-state index contributed by atoms with van der Waals surface area (Å²) in [5.41, 5.74) is 5.42. The fourth-order valence-corrected chi connectivity index (χ4v) is 5.27. The van der Waals surface area contributed by atoms with Crippen molar-refractivity contribution in [2.75, 3.05) is 31.6 Å². The molecule has 25 heavy (non-hydrogen) atoms. The number of nitrogens with zero attached hydrogens (tertiary/aromatic N) is 4. The van der Waals surface area contributed by atoms with Gasteiger partial charge in [0.2, 0.25) is 0 Å². The van der Waals surface area contributed by atoms with Crippen LogP contribution in [0.15, 0.2) is 24.5 Å². The molecular formula is C20H23ClN4. The van der Waals surface area contributed by atoms with Crippen molar-refractivity contribution in [1.82, 2.24) is 14.9 Å². The quantitative estimate of drug-likeness (QED) is 0.777. The lowest BCUT2D eigenvalue weighted by molar-refractivity contribution is 0.378. The van der Waals surface area contributed by atoms with Gasteiger partial charge in [0, 0.05) is 40.5 Å². The molecule has 2 atom stereocenters. The predicted molar refractivity (Wildman–Crippen MR) is 101 cm³/mol. The van der Waals surface area contributed by atoms with Gasteiger partial charge in [-0.25, -0.2) is 9.97 Å². The predicted octanol–water partition coefficient (Wildman–Crippen LogP) is 3.90. The Morgan fingerprint density at radius 3 is 2.92 bits per heavy atom. The molecule has 1 aromatic heterocycles. The standard InChI is InChI=1S/C20H23ClN4/c1-13-3-5-16-18(13)19(23-12-22-16)25-11-20(7-8-24(2)10-20)15-9-14(21)4-6-17(15)25/h4,6,9,12-13H,3,5,7-8,10-11H2,1-2H3. The first-order valence-electron chi connectivity index (χ1n) is 9.17. The molecular weight excluding hydrogens is 332 g/mol. The van der Waals surface area contributed by atoms with Gasteiger partial charge in [-0.15, -0.1) is 0 Å². The molecule has 1 fully saturated rings. The Kier molecular flexibility index (Phi) is 3.38. The number of hydrogen-bond donors (Lipinski definition) is 0. The van der Waals surface area contributed by atoms with E-state index < -0.39 is 0 Å². The van der Waals surface area contributed by atoms with E-state index in [4.69, 9.17) is 16.6 Å². The first-order chi connectivity index (χ1) is 12.1. The zero-order valence-electron chi connectivity index (χ0n) is 14.8. The molecule has 5 rings (SSSR count). The number of aromatic nitrogens is 2. The summed E-state index contributed by atoms with van der Waals surface area (Å²) < 4.78 is 0. The minimum absolute atomic E-state index is 0.161. The second-order valence-corrected chi connectivity index (χ2v) is 8.45. The maximum Gasteiger partial charge on any atom is 0.140 e. The summed E-state index contributed by atoms with van der Waals surface area (Å²) in [7, 11) is 2.21. The lowest BCUT2D eigenvalue weighted by atomic mass is 9.81. The summed E-state index contributed by atoms with van der Waals surface area (Å²) in [5.74, 6) is 1.65. The molecule has 3 aliphatic rings. The number of likely N-dealkylation sites (N-methyl/N-ethyl adjacent to an activating group) is 1. The van der Waals surface area contributed by atoms with Crippen LogP contribution < -0.4 is 4.90 Å². The van der Waals surface area contributed by atoms with Crippen LogP contribution >= 0.6 is 11.6 Å². The third kappa shape index (κ3) is 2.24. The summed E-state index contributed by atoms with van der Waals surface area (Å²) in [6, 6.07) is 6.37. The van der Waals surface area contributed by atoms with E-state index in [2.05, 4.69) is 40.9 Å². The molecule has 0 radical (unpaired) electrons. The highest BCUT2D eigenvalue weighted by molar-refractivity contribution is 6.30. The van der Waals surface area contributed by atoms with Crippen molar-refractivity contribution in [2.45, 2.75) is 37.5 Å². The lowest BCUT2D eigenvalue weighted by Gasteiger charge is -2.26. The number of aryl methyl sites for hydroxylation is 1. The molecule has 2 aromatic rings. The first kappa shape index (κ1) is 15.6. The smallest absolute Gasteiger partial charge is 0.140 e. The van der Waals surface area contributed by atoms with Gasteiger partial charge in [0.05, 0.1) is 0 Å². The number of halogens is 1. The SMILES string of the molecule is CC1CCc2ncnc(N3CC4(CCN(C)C4)c4cc(Cl)ccc43)c21. The van der Waals surface area contributed by atoms with Crippen LogP contribution in [0.25, 0.3) is 0 Å². The van der Waals surface area contributed by atoms with Gasteiger partial charge in [0.25, 0.3) is 0 Å². The molecule has 0 amide bonds. The van der Waals surface area contributed by atoms with E-state index in [1.165, 1.54) is 35.3 Å². The third-order valence-electron chi connectivity index (χ3n) is 6.33. The van der Waals surface area contributed by atoms with Crippen molar-refractivity contribution in [2.24, 2.45) is 0 Å². The van der Waals surface area contributed by atoms with Gasteiger partial charge in [0.15, 0.2) is 0 Å². The summed E-state index contributed by atoms with van der Waals surface area (Å²) in [4.78, 5) is 14.2. The number of likely N-dealkylation sites (tertiary alicyclic amines) is 1. The highest BCUT2D eigenvalue weighted by Crippen LogP contribution is 2.51. The van der Waals surface area contributed by atoms with Crippen LogP contribution in [-0.2, 0) is 11.8 Å². The Morgan fingerprint density at radius 2 is 2.12 bits per heavy atom. The Hall–Kier alpha value is -1.65. The highest BCUT2D eigenvalue weighted by Gasteiger charge is 2.48. The van der Waals surface area contributed by atoms with E-state index in [0.717, 1.165) is 36.9 Å². The monoisotopic (exact) mass is 354 g/mol. The second kappa shape index (κ2) is 5.42. The minimum atomic E-state index is 0.161. The molecule has 1 aromatic carbocycles. The first-order valence-corrected chi connectivity index (χ1v) is 9.55. The van der Waals surface area contributed by atoms with Crippen LogP contribution in [0.3, 0.4) is 0 Å². The minimum Gasteiger partial charge on any atom is -0.325 e. The number of hydrogen-bond acceptors (Lipinski definition) is 4. The molecule has 0 N–H and O–H groups in total. The number of benzene rings is 1. The van der Waals surface area contributed by atoms with E-state index in [1.807, 2.05) is 6.07 Å². The van der Waals surface area contributed by atoms with Crippen molar-refractivity contribution in [3.8, 4) is 0 Å². The Balaban J connectivity index is 1.67. The van der Waals surface area contributed by atoms with Crippen molar-refractivity contribution < 1.29 is 0 Å². The molecule has 4 nitrogen and oxygen atoms in total. The van der Waals surface area contributed by atoms with Crippen LogP contribution in [0.1, 0.15) is 42.5 Å². The highest BCUT2D eigenvalue weighted by atomic mass is 35.5. The second-order valence-electron chi connectivity index (χ2n) is 8.01. The van der Waals surface area contributed by atoms with Gasteiger partial charge in [0.1, 0.15) is 12.1 Å². The normalized spacial score (nSPS) is 28.0. The van der Waals surface area contributed by atoms with E-state index in [0.29, 0.717) is 5.92 Å². The average molecular weight is 355 g/mol. The molecule has 0 bridgehead atoms. The number of rotatable bonds is 1. The molecule has 1 spiro atoms. The van der Waals surface area contributed by atoms with E-state index in [-0.39, 0.29) is 5.41 Å². The third-order valence-corrected chi connectivity index (χ3v) is 6.57. The molecule has 1 saturated heterocycles. The Bertz CT molecular complexity index is 852. The van der Waals surface area contributed by atoms with Crippen molar-refractivity contribution in [1.29, 1.82) is 0 Å². The summed E-state index contributed by atoms with van der Waals surface area (Å²) in [6.07, 6.45) is 5.17. The average Bonchev–Trinajstić information content (AvgIpc) is 3.26. The zero-order valence-corrected chi connectivity index (χ0v) is 15.6. The van der Waals surface area contributed by atoms with Crippen LogP contribution in [0, 0.1) is 0 Å². The van der Waals surface area contributed by atoms with E-state index in [9.17, 15) is 0 Å². The van der Waals surface area contributed by atoms with Crippen LogP contribution in [0.2, 0.25) is 5.02 Å². The van der Waals surface area contributed by atoms with Gasteiger partial charge in [-0.1, -0.05) is 18.5 Å². The van der Waals surface area contributed by atoms with Gasteiger partial charge in [-0.05, 0) is 62.5 Å². The van der Waals surface area contributed by atoms with Crippen LogP contribution in [0.5, 0.6) is 0 Å². The lowest BCUT2D eigenvalue weighted by Crippen LogP contribution is -2.34. The van der Waals surface area contributed by atoms with Gasteiger partial charge < -0.3 is 9.80 Å². The van der Waals surface area contributed by atoms with Crippen LogP contribution in [-0.4, -0.2) is 41.5 Å². The fourth-order valence-electron chi connectivity index (χ4n) is 5.10. The fraction of sp³-hybridized carbons (Fsp3) is 0.500. The molecule has 2 aliphatic heterocycles. The van der Waals surface area contributed by atoms with Crippen molar-refractivity contribution in [3.63, 3.8) is 0 Å². The largest absolute Gasteiger partial charge is 0.325 e. The zero-order chi connectivity index (χ0) is 17.2. The molecule has 2 unspecified atom stereocenters. The molecule has 3 heterocycles. The summed E-state index contributed by atoms with van der Waals surface area (Å²) in [5, 5.41) is 0.829. The molecule has 130 valence electrons. The number of anilines is 2. The van der Waals surface area contributed by atoms with Crippen molar-refractivity contribution in [3.05, 3.63) is 46.4 Å². The van der Waals surface area contributed by atoms with Crippen LogP contribution in [0.4, 0.5) is 11.5 Å². The van der Waals surface area contributed by atoms with Crippen molar-refractivity contribution >= 4 is 23.1 Å². The van der Waals surface area contributed by atoms with E-state index >= 15 is 0 Å². The topological polar surface area (TPSA) is 32.3 Å². The Labute approximate surface area is 153 Å². The molecule has 1 aliphatic carbocycles. The maximum atomic E-state index is 6.37. The van der Waals surface area contributed by atoms with E-state index in [1.54, 1.807) is 6.33 Å². The Morgan fingerprint density at radius 1 is 1.24 bits per heavy atom. The molecule has 0 saturated carbocycles. The van der Waals surface area contributed by atoms with Gasteiger partial charge in [-0.2, -0.15) is 0 Å². The van der Waals surface area contributed by atoms with Gasteiger partial charge in [-0.3, -0.25) is 0 Å².